The quantitative estimate of drug-likeness (QED) is 0.686. The number of hydrogen-bond acceptors (Lipinski definition) is 4. The lowest BCUT2D eigenvalue weighted by Crippen LogP contribution is -2.64. The second-order valence-electron chi connectivity index (χ2n) is 4.56. The van der Waals surface area contributed by atoms with E-state index in [1.165, 1.54) is 0 Å². The summed E-state index contributed by atoms with van der Waals surface area (Å²) in [6.07, 6.45) is 1.26. The van der Waals surface area contributed by atoms with Crippen molar-refractivity contribution >= 4 is 0 Å². The van der Waals surface area contributed by atoms with Crippen molar-refractivity contribution in [3.63, 3.8) is 0 Å². The molecule has 0 amide bonds. The smallest absolute Gasteiger partial charge is 0.0880 e. The van der Waals surface area contributed by atoms with Crippen molar-refractivity contribution in [3.05, 3.63) is 0 Å². The van der Waals surface area contributed by atoms with Crippen molar-refractivity contribution in [2.24, 2.45) is 0 Å². The average molecular weight is 214 g/mol. The molecule has 0 aromatic rings. The van der Waals surface area contributed by atoms with Gasteiger partial charge in [-0.3, -0.25) is 0 Å². The molecule has 2 N–H and O–H groups in total. The normalized spacial score (nSPS) is 42.8. The summed E-state index contributed by atoms with van der Waals surface area (Å²) < 4.78 is 11.7. The molecule has 2 fully saturated rings. The van der Waals surface area contributed by atoms with Crippen LogP contribution >= 0.6 is 0 Å². The van der Waals surface area contributed by atoms with E-state index < -0.39 is 0 Å². The predicted molar refractivity (Wildman–Crippen MR) is 59.0 cm³/mol. The summed E-state index contributed by atoms with van der Waals surface area (Å²) in [5.74, 6) is 0. The number of ether oxygens (including phenoxy) is 2. The van der Waals surface area contributed by atoms with Gasteiger partial charge in [0.15, 0.2) is 0 Å². The van der Waals surface area contributed by atoms with E-state index in [-0.39, 0.29) is 11.7 Å². The molecule has 2 aliphatic heterocycles. The maximum atomic E-state index is 5.91. The maximum Gasteiger partial charge on any atom is 0.0880 e. The van der Waals surface area contributed by atoms with Gasteiger partial charge in [0.2, 0.25) is 0 Å². The zero-order valence-electron chi connectivity index (χ0n) is 9.71. The molecule has 0 aromatic heterocycles. The van der Waals surface area contributed by atoms with Crippen molar-refractivity contribution in [2.45, 2.75) is 38.0 Å². The first-order valence-electron chi connectivity index (χ1n) is 5.96. The molecule has 2 aliphatic rings. The summed E-state index contributed by atoms with van der Waals surface area (Å²) in [5, 5.41) is 6.91. The second-order valence-corrected chi connectivity index (χ2v) is 4.56. The number of hydrogen-bond donors (Lipinski definition) is 2. The highest BCUT2D eigenvalue weighted by atomic mass is 16.5. The molecule has 0 aromatic carbocycles. The zero-order chi connectivity index (χ0) is 10.7. The lowest BCUT2D eigenvalue weighted by Gasteiger charge is -2.46. The lowest BCUT2D eigenvalue weighted by molar-refractivity contribution is -0.132. The van der Waals surface area contributed by atoms with Crippen LogP contribution in [0.25, 0.3) is 0 Å². The Bertz CT molecular complexity index is 207. The molecule has 0 saturated carbocycles. The van der Waals surface area contributed by atoms with Crippen molar-refractivity contribution < 1.29 is 9.47 Å². The molecule has 2 heterocycles. The zero-order valence-corrected chi connectivity index (χ0v) is 9.71. The highest BCUT2D eigenvalue weighted by Gasteiger charge is 2.41. The molecule has 4 nitrogen and oxygen atoms in total. The molecule has 3 unspecified atom stereocenters. The van der Waals surface area contributed by atoms with E-state index in [0.717, 1.165) is 39.3 Å². The highest BCUT2D eigenvalue weighted by Crippen LogP contribution is 2.26. The van der Waals surface area contributed by atoms with E-state index in [0.29, 0.717) is 6.04 Å². The number of morpholine rings is 2. The SMILES string of the molecule is CCC1(C)OCCNC1C1CNCCO1. The number of nitrogens with one attached hydrogen (secondary N) is 2. The van der Waals surface area contributed by atoms with E-state index in [1.807, 2.05) is 0 Å². The summed E-state index contributed by atoms with van der Waals surface area (Å²) >= 11 is 0. The minimum Gasteiger partial charge on any atom is -0.374 e. The lowest BCUT2D eigenvalue weighted by atomic mass is 9.87. The third-order valence-electron chi connectivity index (χ3n) is 3.59. The summed E-state index contributed by atoms with van der Waals surface area (Å²) in [6.45, 7) is 8.80. The average Bonchev–Trinajstić information content (AvgIpc) is 2.31. The Balaban J connectivity index is 2.03. The van der Waals surface area contributed by atoms with E-state index in [4.69, 9.17) is 9.47 Å². The summed E-state index contributed by atoms with van der Waals surface area (Å²) in [6, 6.07) is 0.309. The molecule has 2 rings (SSSR count). The van der Waals surface area contributed by atoms with Crippen molar-refractivity contribution in [1.82, 2.24) is 10.6 Å². The third-order valence-corrected chi connectivity index (χ3v) is 3.59. The van der Waals surface area contributed by atoms with Crippen LogP contribution < -0.4 is 10.6 Å². The summed E-state index contributed by atoms with van der Waals surface area (Å²) in [4.78, 5) is 0. The van der Waals surface area contributed by atoms with Gasteiger partial charge >= 0.3 is 0 Å². The van der Waals surface area contributed by atoms with Gasteiger partial charge in [0, 0.05) is 19.6 Å². The van der Waals surface area contributed by atoms with Crippen molar-refractivity contribution in [1.29, 1.82) is 0 Å². The molecular weight excluding hydrogens is 192 g/mol. The Morgan fingerprint density at radius 2 is 2.20 bits per heavy atom. The molecule has 0 bridgehead atoms. The minimum absolute atomic E-state index is 0.0814. The van der Waals surface area contributed by atoms with Crippen LogP contribution in [-0.4, -0.2) is 50.6 Å². The van der Waals surface area contributed by atoms with Crippen LogP contribution in [-0.2, 0) is 9.47 Å². The van der Waals surface area contributed by atoms with Crippen LogP contribution in [0.5, 0.6) is 0 Å². The van der Waals surface area contributed by atoms with Crippen LogP contribution in [0.3, 0.4) is 0 Å². The molecule has 0 spiro atoms. The molecule has 15 heavy (non-hydrogen) atoms. The van der Waals surface area contributed by atoms with Gasteiger partial charge in [-0.25, -0.2) is 0 Å². The summed E-state index contributed by atoms with van der Waals surface area (Å²) in [5.41, 5.74) is -0.0814. The molecular formula is C11H22N2O2. The monoisotopic (exact) mass is 214 g/mol. The molecule has 0 aliphatic carbocycles. The van der Waals surface area contributed by atoms with Crippen molar-refractivity contribution in [3.8, 4) is 0 Å². The van der Waals surface area contributed by atoms with Crippen LogP contribution in [0.2, 0.25) is 0 Å². The van der Waals surface area contributed by atoms with E-state index in [2.05, 4.69) is 24.5 Å². The first-order valence-corrected chi connectivity index (χ1v) is 5.96. The predicted octanol–water partition coefficient (Wildman–Crippen LogP) is 0.132. The molecule has 0 radical (unpaired) electrons. The fraction of sp³-hybridized carbons (Fsp3) is 1.00. The molecule has 3 atom stereocenters. The fourth-order valence-electron chi connectivity index (χ4n) is 2.45. The fourth-order valence-corrected chi connectivity index (χ4v) is 2.45. The Morgan fingerprint density at radius 3 is 2.87 bits per heavy atom. The van der Waals surface area contributed by atoms with Crippen LogP contribution in [0.15, 0.2) is 0 Å². The van der Waals surface area contributed by atoms with Gasteiger partial charge in [-0.1, -0.05) is 6.92 Å². The molecule has 2 saturated heterocycles. The third kappa shape index (κ3) is 2.33. The van der Waals surface area contributed by atoms with Gasteiger partial charge in [-0.15, -0.1) is 0 Å². The van der Waals surface area contributed by atoms with Gasteiger partial charge in [0.05, 0.1) is 31.0 Å². The standard InChI is InChI=1S/C11H22N2O2/c1-3-11(2)10(13-5-7-15-11)9-8-12-4-6-14-9/h9-10,12-13H,3-8H2,1-2H3. The largest absolute Gasteiger partial charge is 0.374 e. The van der Waals surface area contributed by atoms with E-state index in [9.17, 15) is 0 Å². The van der Waals surface area contributed by atoms with Gasteiger partial charge in [-0.05, 0) is 13.3 Å². The van der Waals surface area contributed by atoms with Gasteiger partial charge in [-0.2, -0.15) is 0 Å². The molecule has 88 valence electrons. The second kappa shape index (κ2) is 4.78. The Labute approximate surface area is 91.7 Å². The van der Waals surface area contributed by atoms with Gasteiger partial charge in [0.1, 0.15) is 0 Å². The minimum atomic E-state index is -0.0814. The Hall–Kier alpha value is -0.160. The van der Waals surface area contributed by atoms with Gasteiger partial charge < -0.3 is 20.1 Å². The Kier molecular flexibility index (Phi) is 3.61. The highest BCUT2D eigenvalue weighted by molar-refractivity contribution is 4.98. The maximum absolute atomic E-state index is 5.91. The van der Waals surface area contributed by atoms with Crippen LogP contribution in [0, 0.1) is 0 Å². The van der Waals surface area contributed by atoms with Crippen LogP contribution in [0.4, 0.5) is 0 Å². The summed E-state index contributed by atoms with van der Waals surface area (Å²) in [7, 11) is 0. The first kappa shape index (κ1) is 11.3. The van der Waals surface area contributed by atoms with Gasteiger partial charge in [0.25, 0.3) is 0 Å². The number of rotatable bonds is 2. The van der Waals surface area contributed by atoms with E-state index in [1.54, 1.807) is 0 Å². The van der Waals surface area contributed by atoms with Crippen molar-refractivity contribution in [2.75, 3.05) is 32.8 Å². The van der Waals surface area contributed by atoms with E-state index >= 15 is 0 Å². The molecule has 4 heteroatoms. The first-order chi connectivity index (χ1) is 7.26. The Morgan fingerprint density at radius 1 is 1.33 bits per heavy atom. The van der Waals surface area contributed by atoms with Crippen LogP contribution in [0.1, 0.15) is 20.3 Å². The topological polar surface area (TPSA) is 42.5 Å².